The zero-order chi connectivity index (χ0) is 11.4. The van der Waals surface area contributed by atoms with Crippen LogP contribution in [-0.4, -0.2) is 11.1 Å². The maximum absolute atomic E-state index is 11.2. The molecule has 15 heavy (non-hydrogen) atoms. The molecule has 0 spiro atoms. The third-order valence-corrected chi connectivity index (χ3v) is 1.64. The molecule has 1 N–H and O–H groups in total. The molecule has 0 aromatic heterocycles. The molecule has 1 rings (SSSR count). The van der Waals surface area contributed by atoms with Gasteiger partial charge in [-0.1, -0.05) is 18.7 Å². The fourth-order valence-electron chi connectivity index (χ4n) is 0.885. The highest BCUT2D eigenvalue weighted by Gasteiger charge is 2.13. The summed E-state index contributed by atoms with van der Waals surface area (Å²) in [6, 6.07) is 4.30. The molecule has 0 amide bonds. The number of ether oxygens (including phenoxy) is 1. The standard InChI is InChI=1S/C11H9NO3/c1-7(2)11(14)15-10-8(12-3)5-4-6-9(10)13/h4-6,13H,1H2,2H3. The maximum Gasteiger partial charge on any atom is 0.337 e. The van der Waals surface area contributed by atoms with Crippen LogP contribution in [0.4, 0.5) is 5.69 Å². The number of carbonyl (C=O) groups is 1. The molecule has 1 aromatic carbocycles. The summed E-state index contributed by atoms with van der Waals surface area (Å²) in [7, 11) is 0. The summed E-state index contributed by atoms with van der Waals surface area (Å²) >= 11 is 0. The van der Waals surface area contributed by atoms with Crippen molar-refractivity contribution in [1.82, 2.24) is 0 Å². The molecule has 0 saturated heterocycles. The summed E-state index contributed by atoms with van der Waals surface area (Å²) in [5.41, 5.74) is 0.291. The van der Waals surface area contributed by atoms with E-state index in [-0.39, 0.29) is 22.8 Å². The number of hydrogen-bond acceptors (Lipinski definition) is 3. The van der Waals surface area contributed by atoms with Crippen LogP contribution in [0.5, 0.6) is 11.5 Å². The van der Waals surface area contributed by atoms with E-state index in [9.17, 15) is 9.90 Å². The first-order valence-corrected chi connectivity index (χ1v) is 4.13. The van der Waals surface area contributed by atoms with Crippen molar-refractivity contribution in [2.75, 3.05) is 0 Å². The Labute approximate surface area is 87.2 Å². The van der Waals surface area contributed by atoms with Gasteiger partial charge in [0.05, 0.1) is 6.57 Å². The highest BCUT2D eigenvalue weighted by molar-refractivity contribution is 5.90. The second-order valence-electron chi connectivity index (χ2n) is 2.91. The highest BCUT2D eigenvalue weighted by Crippen LogP contribution is 2.36. The number of carbonyl (C=O) groups excluding carboxylic acids is 1. The van der Waals surface area contributed by atoms with Gasteiger partial charge in [-0.2, -0.15) is 0 Å². The lowest BCUT2D eigenvalue weighted by molar-refractivity contribution is -0.130. The number of benzene rings is 1. The van der Waals surface area contributed by atoms with Gasteiger partial charge in [0.2, 0.25) is 5.69 Å². The van der Waals surface area contributed by atoms with E-state index in [0.717, 1.165) is 0 Å². The largest absolute Gasteiger partial charge is 0.505 e. The fraction of sp³-hybridized carbons (Fsp3) is 0.0909. The topological polar surface area (TPSA) is 50.9 Å². The van der Waals surface area contributed by atoms with E-state index in [1.807, 2.05) is 0 Å². The first kappa shape index (κ1) is 10.8. The Hall–Kier alpha value is -2.28. The zero-order valence-corrected chi connectivity index (χ0v) is 8.15. The number of rotatable bonds is 2. The Morgan fingerprint density at radius 2 is 2.27 bits per heavy atom. The number of nitrogens with zero attached hydrogens (tertiary/aromatic N) is 1. The van der Waals surface area contributed by atoms with Gasteiger partial charge in [-0.05, 0) is 13.0 Å². The predicted octanol–water partition coefficient (Wildman–Crippen LogP) is 2.42. The second kappa shape index (κ2) is 4.29. The van der Waals surface area contributed by atoms with Crippen molar-refractivity contribution >= 4 is 11.7 Å². The molecule has 1 aromatic rings. The first-order chi connectivity index (χ1) is 7.06. The van der Waals surface area contributed by atoms with E-state index in [4.69, 9.17) is 11.3 Å². The van der Waals surface area contributed by atoms with Gasteiger partial charge < -0.3 is 9.84 Å². The van der Waals surface area contributed by atoms with Crippen LogP contribution in [0.15, 0.2) is 30.4 Å². The van der Waals surface area contributed by atoms with Crippen molar-refractivity contribution in [3.8, 4) is 11.5 Å². The third-order valence-electron chi connectivity index (χ3n) is 1.64. The molecule has 76 valence electrons. The number of para-hydroxylation sites is 1. The molecular formula is C11H9NO3. The van der Waals surface area contributed by atoms with Crippen LogP contribution in [0.25, 0.3) is 4.85 Å². The molecule has 4 heteroatoms. The van der Waals surface area contributed by atoms with Gasteiger partial charge in [-0.3, -0.25) is 0 Å². The highest BCUT2D eigenvalue weighted by atomic mass is 16.5. The maximum atomic E-state index is 11.2. The van der Waals surface area contributed by atoms with Gasteiger partial charge in [0.15, 0.2) is 5.75 Å². The first-order valence-electron chi connectivity index (χ1n) is 4.13. The monoisotopic (exact) mass is 203 g/mol. The summed E-state index contributed by atoms with van der Waals surface area (Å²) in [6.07, 6.45) is 0. The molecule has 0 saturated carbocycles. The summed E-state index contributed by atoms with van der Waals surface area (Å²) in [4.78, 5) is 14.3. The summed E-state index contributed by atoms with van der Waals surface area (Å²) in [5, 5.41) is 9.40. The minimum Gasteiger partial charge on any atom is -0.505 e. The lowest BCUT2D eigenvalue weighted by Gasteiger charge is -2.07. The number of esters is 1. The van der Waals surface area contributed by atoms with Crippen LogP contribution < -0.4 is 4.74 Å². The number of phenols is 1. The van der Waals surface area contributed by atoms with Crippen molar-refractivity contribution in [2.24, 2.45) is 0 Å². The molecule has 0 heterocycles. The lowest BCUT2D eigenvalue weighted by atomic mass is 10.2. The molecule has 0 aliphatic heterocycles. The molecule has 0 unspecified atom stereocenters. The van der Waals surface area contributed by atoms with Crippen molar-refractivity contribution < 1.29 is 14.6 Å². The van der Waals surface area contributed by atoms with Crippen molar-refractivity contribution in [3.63, 3.8) is 0 Å². The number of hydrogen-bond donors (Lipinski definition) is 1. The third kappa shape index (κ3) is 2.35. The van der Waals surface area contributed by atoms with Gasteiger partial charge in [-0.25, -0.2) is 9.64 Å². The molecule has 0 aliphatic rings. The van der Waals surface area contributed by atoms with Crippen LogP contribution in [0.2, 0.25) is 0 Å². The van der Waals surface area contributed by atoms with E-state index < -0.39 is 5.97 Å². The van der Waals surface area contributed by atoms with E-state index >= 15 is 0 Å². The molecule has 0 aliphatic carbocycles. The van der Waals surface area contributed by atoms with Gasteiger partial charge in [0.1, 0.15) is 5.75 Å². The molecule has 0 fully saturated rings. The van der Waals surface area contributed by atoms with E-state index in [2.05, 4.69) is 11.4 Å². The van der Waals surface area contributed by atoms with Crippen LogP contribution in [-0.2, 0) is 4.79 Å². The van der Waals surface area contributed by atoms with Crippen LogP contribution >= 0.6 is 0 Å². The van der Waals surface area contributed by atoms with Gasteiger partial charge in [-0.15, -0.1) is 0 Å². The summed E-state index contributed by atoms with van der Waals surface area (Å²) in [5.74, 6) is -1.03. The quantitative estimate of drug-likeness (QED) is 0.347. The Morgan fingerprint density at radius 3 is 2.80 bits per heavy atom. The zero-order valence-electron chi connectivity index (χ0n) is 8.15. The lowest BCUT2D eigenvalue weighted by Crippen LogP contribution is -2.08. The molecule has 0 atom stereocenters. The van der Waals surface area contributed by atoms with Gasteiger partial charge >= 0.3 is 5.97 Å². The Balaban J connectivity index is 3.09. The fourth-order valence-corrected chi connectivity index (χ4v) is 0.885. The van der Waals surface area contributed by atoms with Crippen LogP contribution in [0.3, 0.4) is 0 Å². The number of aromatic hydroxyl groups is 1. The summed E-state index contributed by atoms with van der Waals surface area (Å²) < 4.78 is 4.83. The minimum atomic E-state index is -0.665. The van der Waals surface area contributed by atoms with Crippen molar-refractivity contribution in [3.05, 3.63) is 41.8 Å². The molecular weight excluding hydrogens is 194 g/mol. The Kier molecular flexibility index (Phi) is 3.09. The average Bonchev–Trinajstić information content (AvgIpc) is 2.20. The molecule has 0 radical (unpaired) electrons. The average molecular weight is 203 g/mol. The normalized spacial score (nSPS) is 9.07. The van der Waals surface area contributed by atoms with E-state index in [1.165, 1.54) is 25.1 Å². The van der Waals surface area contributed by atoms with Crippen molar-refractivity contribution in [2.45, 2.75) is 6.92 Å². The second-order valence-corrected chi connectivity index (χ2v) is 2.91. The van der Waals surface area contributed by atoms with E-state index in [0.29, 0.717) is 0 Å². The summed E-state index contributed by atoms with van der Waals surface area (Å²) in [6.45, 7) is 11.7. The predicted molar refractivity (Wildman–Crippen MR) is 54.8 cm³/mol. The Bertz CT molecular complexity index is 457. The van der Waals surface area contributed by atoms with Crippen LogP contribution in [0.1, 0.15) is 6.92 Å². The Morgan fingerprint density at radius 1 is 1.60 bits per heavy atom. The van der Waals surface area contributed by atoms with Crippen LogP contribution in [0, 0.1) is 6.57 Å². The van der Waals surface area contributed by atoms with E-state index in [1.54, 1.807) is 0 Å². The van der Waals surface area contributed by atoms with Gasteiger partial charge in [0.25, 0.3) is 0 Å². The van der Waals surface area contributed by atoms with Gasteiger partial charge in [0, 0.05) is 5.57 Å². The SMILES string of the molecule is [C-]#[N+]c1cccc(O)c1OC(=O)C(=C)C. The van der Waals surface area contributed by atoms with Crippen molar-refractivity contribution in [1.29, 1.82) is 0 Å². The minimum absolute atomic E-state index is 0.0876. The molecule has 4 nitrogen and oxygen atoms in total. The number of phenolic OH excluding ortho intramolecular Hbond substituents is 1. The smallest absolute Gasteiger partial charge is 0.337 e. The molecule has 0 bridgehead atoms.